The average molecular weight is 353 g/mol. The fourth-order valence-electron chi connectivity index (χ4n) is 2.55. The molecule has 2 aromatic carbocycles. The number of nitrogens with one attached hydrogen (secondary N) is 2. The van der Waals surface area contributed by atoms with Crippen molar-refractivity contribution in [1.82, 2.24) is 10.6 Å². The van der Waals surface area contributed by atoms with Crippen LogP contribution < -0.4 is 15.5 Å². The molecule has 0 aliphatic carbocycles. The summed E-state index contributed by atoms with van der Waals surface area (Å²) in [5.41, 5.74) is 1.76. The van der Waals surface area contributed by atoms with Gasteiger partial charge in [0.15, 0.2) is 0 Å². The number of hydrogen-bond donors (Lipinski definition) is 2. The van der Waals surface area contributed by atoms with Gasteiger partial charge in [-0.25, -0.2) is 0 Å². The maximum atomic E-state index is 12.0. The quantitative estimate of drug-likeness (QED) is 0.682. The molecule has 0 heterocycles. The van der Waals surface area contributed by atoms with E-state index in [1.807, 2.05) is 55.6 Å². The van der Waals surface area contributed by atoms with Crippen LogP contribution in [0.5, 0.6) is 0 Å². The van der Waals surface area contributed by atoms with E-state index in [0.29, 0.717) is 31.5 Å². The van der Waals surface area contributed by atoms with Crippen molar-refractivity contribution in [3.63, 3.8) is 0 Å². The van der Waals surface area contributed by atoms with E-state index in [0.717, 1.165) is 5.69 Å². The molecular formula is C21H27N3O2. The van der Waals surface area contributed by atoms with Crippen molar-refractivity contribution in [2.75, 3.05) is 25.0 Å². The van der Waals surface area contributed by atoms with Crippen LogP contribution in [0.15, 0.2) is 60.7 Å². The van der Waals surface area contributed by atoms with E-state index in [1.165, 1.54) is 0 Å². The molecule has 2 amide bonds. The molecule has 2 N–H and O–H groups in total. The number of rotatable bonds is 9. The second-order valence-corrected chi connectivity index (χ2v) is 6.33. The lowest BCUT2D eigenvalue weighted by Gasteiger charge is -2.27. The van der Waals surface area contributed by atoms with Crippen molar-refractivity contribution in [2.45, 2.75) is 25.8 Å². The molecule has 1 atom stereocenters. The Morgan fingerprint density at radius 2 is 1.58 bits per heavy atom. The van der Waals surface area contributed by atoms with Gasteiger partial charge >= 0.3 is 0 Å². The largest absolute Gasteiger partial charge is 0.370 e. The first-order valence-corrected chi connectivity index (χ1v) is 8.95. The zero-order chi connectivity index (χ0) is 18.8. The minimum absolute atomic E-state index is 0.00673. The second-order valence-electron chi connectivity index (χ2n) is 6.33. The minimum Gasteiger partial charge on any atom is -0.370 e. The van der Waals surface area contributed by atoms with Crippen LogP contribution in [0, 0.1) is 0 Å². The Morgan fingerprint density at radius 3 is 2.23 bits per heavy atom. The predicted octanol–water partition coefficient (Wildman–Crippen LogP) is 2.84. The van der Waals surface area contributed by atoms with Crippen LogP contribution in [0.4, 0.5) is 5.69 Å². The number of carbonyl (C=O) groups is 2. The van der Waals surface area contributed by atoms with E-state index in [-0.39, 0.29) is 17.9 Å². The van der Waals surface area contributed by atoms with Gasteiger partial charge in [-0.2, -0.15) is 0 Å². The van der Waals surface area contributed by atoms with Crippen molar-refractivity contribution in [3.05, 3.63) is 66.2 Å². The third kappa shape index (κ3) is 6.24. The van der Waals surface area contributed by atoms with Gasteiger partial charge < -0.3 is 15.5 Å². The highest BCUT2D eigenvalue weighted by Gasteiger charge is 2.11. The van der Waals surface area contributed by atoms with Crippen molar-refractivity contribution in [2.24, 2.45) is 0 Å². The summed E-state index contributed by atoms with van der Waals surface area (Å²) in [5.74, 6) is -0.101. The monoisotopic (exact) mass is 353 g/mol. The van der Waals surface area contributed by atoms with Crippen LogP contribution >= 0.6 is 0 Å². The summed E-state index contributed by atoms with van der Waals surface area (Å²) in [6.45, 7) is 3.15. The van der Waals surface area contributed by atoms with Crippen LogP contribution in [0.3, 0.4) is 0 Å². The van der Waals surface area contributed by atoms with Gasteiger partial charge in [0.25, 0.3) is 5.91 Å². The van der Waals surface area contributed by atoms with Crippen LogP contribution in [0.2, 0.25) is 0 Å². The first kappa shape index (κ1) is 19.5. The number of nitrogens with zero attached hydrogens (tertiary/aromatic N) is 1. The summed E-state index contributed by atoms with van der Waals surface area (Å²) in [6, 6.07) is 19.4. The first-order valence-electron chi connectivity index (χ1n) is 8.95. The fourth-order valence-corrected chi connectivity index (χ4v) is 2.55. The first-order chi connectivity index (χ1) is 12.6. The lowest BCUT2D eigenvalue weighted by Crippen LogP contribution is -2.40. The molecule has 0 aliphatic heterocycles. The third-order valence-electron chi connectivity index (χ3n) is 4.32. The molecule has 0 spiro atoms. The number of likely N-dealkylation sites (N-methyl/N-ethyl adjacent to an activating group) is 1. The van der Waals surface area contributed by atoms with E-state index in [9.17, 15) is 9.59 Å². The highest BCUT2D eigenvalue weighted by Crippen LogP contribution is 2.13. The van der Waals surface area contributed by atoms with Crippen LogP contribution in [-0.2, 0) is 4.79 Å². The number of benzene rings is 2. The second kappa shape index (κ2) is 10.2. The van der Waals surface area contributed by atoms with E-state index < -0.39 is 0 Å². The minimum atomic E-state index is -0.107. The Labute approximate surface area is 155 Å². The van der Waals surface area contributed by atoms with Gasteiger partial charge in [-0.1, -0.05) is 36.4 Å². The third-order valence-corrected chi connectivity index (χ3v) is 4.32. The molecule has 0 saturated carbocycles. The Hall–Kier alpha value is -2.82. The van der Waals surface area contributed by atoms with E-state index in [4.69, 9.17) is 0 Å². The summed E-state index contributed by atoms with van der Waals surface area (Å²) >= 11 is 0. The number of anilines is 1. The standard InChI is InChI=1S/C21H27N3O2/c1-17(24(2)19-12-7-4-8-13-19)16-23-20(25)14-9-15-22-21(26)18-10-5-3-6-11-18/h3-8,10-13,17H,9,14-16H2,1-2H3,(H,22,26)(H,23,25). The Kier molecular flexibility index (Phi) is 7.68. The van der Waals surface area contributed by atoms with Gasteiger partial charge in [-0.3, -0.25) is 9.59 Å². The summed E-state index contributed by atoms with van der Waals surface area (Å²) in [7, 11) is 2.02. The molecule has 0 fully saturated rings. The Bertz CT molecular complexity index is 689. The van der Waals surface area contributed by atoms with Gasteiger partial charge in [-0.15, -0.1) is 0 Å². The van der Waals surface area contributed by atoms with Crippen molar-refractivity contribution in [3.8, 4) is 0 Å². The molecule has 0 bridgehead atoms. The van der Waals surface area contributed by atoms with Gasteiger partial charge in [0.05, 0.1) is 0 Å². The molecule has 0 aromatic heterocycles. The molecule has 2 aromatic rings. The average Bonchev–Trinajstić information content (AvgIpc) is 2.70. The van der Waals surface area contributed by atoms with Crippen molar-refractivity contribution < 1.29 is 9.59 Å². The molecular weight excluding hydrogens is 326 g/mol. The molecule has 26 heavy (non-hydrogen) atoms. The topological polar surface area (TPSA) is 61.4 Å². The SMILES string of the molecule is CC(CNC(=O)CCCNC(=O)c1ccccc1)N(C)c1ccccc1. The van der Waals surface area contributed by atoms with Crippen molar-refractivity contribution in [1.29, 1.82) is 0 Å². The van der Waals surface area contributed by atoms with Gasteiger partial charge in [0, 0.05) is 43.9 Å². The van der Waals surface area contributed by atoms with Crippen LogP contribution in [0.1, 0.15) is 30.1 Å². The van der Waals surface area contributed by atoms with Crippen LogP contribution in [-0.4, -0.2) is 38.0 Å². The zero-order valence-corrected chi connectivity index (χ0v) is 15.4. The van der Waals surface area contributed by atoms with E-state index >= 15 is 0 Å². The lowest BCUT2D eigenvalue weighted by molar-refractivity contribution is -0.121. The predicted molar refractivity (Wildman–Crippen MR) is 105 cm³/mol. The molecule has 0 aliphatic rings. The zero-order valence-electron chi connectivity index (χ0n) is 15.4. The molecule has 0 radical (unpaired) electrons. The summed E-state index contributed by atoms with van der Waals surface area (Å²) < 4.78 is 0. The maximum absolute atomic E-state index is 12.0. The molecule has 5 nitrogen and oxygen atoms in total. The number of amides is 2. The summed E-state index contributed by atoms with van der Waals surface area (Å²) in [6.07, 6.45) is 1.02. The molecule has 5 heteroatoms. The normalized spacial score (nSPS) is 11.5. The van der Waals surface area contributed by atoms with Crippen LogP contribution in [0.25, 0.3) is 0 Å². The number of carbonyl (C=O) groups excluding carboxylic acids is 2. The summed E-state index contributed by atoms with van der Waals surface area (Å²) in [5, 5.41) is 5.79. The highest BCUT2D eigenvalue weighted by molar-refractivity contribution is 5.94. The molecule has 0 saturated heterocycles. The molecule has 1 unspecified atom stereocenters. The Balaban J connectivity index is 1.62. The van der Waals surface area contributed by atoms with Gasteiger partial charge in [0.1, 0.15) is 0 Å². The fraction of sp³-hybridized carbons (Fsp3) is 0.333. The van der Waals surface area contributed by atoms with Gasteiger partial charge in [0.2, 0.25) is 5.91 Å². The summed E-state index contributed by atoms with van der Waals surface area (Å²) in [4.78, 5) is 26.0. The molecule has 2 rings (SSSR count). The number of hydrogen-bond acceptors (Lipinski definition) is 3. The highest BCUT2D eigenvalue weighted by atomic mass is 16.2. The lowest BCUT2D eigenvalue weighted by atomic mass is 10.2. The number of para-hydroxylation sites is 1. The van der Waals surface area contributed by atoms with E-state index in [1.54, 1.807) is 12.1 Å². The van der Waals surface area contributed by atoms with E-state index in [2.05, 4.69) is 22.5 Å². The smallest absolute Gasteiger partial charge is 0.251 e. The van der Waals surface area contributed by atoms with Gasteiger partial charge in [-0.05, 0) is 37.6 Å². The Morgan fingerprint density at radius 1 is 0.962 bits per heavy atom. The van der Waals surface area contributed by atoms with Crippen molar-refractivity contribution >= 4 is 17.5 Å². The maximum Gasteiger partial charge on any atom is 0.251 e. The molecule has 138 valence electrons.